The van der Waals surface area contributed by atoms with Crippen molar-refractivity contribution < 1.29 is 0 Å². The van der Waals surface area contributed by atoms with Crippen molar-refractivity contribution in [3.05, 3.63) is 0 Å². The predicted octanol–water partition coefficient (Wildman–Crippen LogP) is 9.33. The molecule has 0 aromatic heterocycles. The minimum atomic E-state index is -1.24. The molecule has 4 rings (SSSR count). The minimum absolute atomic E-state index is 0.874. The summed E-state index contributed by atoms with van der Waals surface area (Å²) >= 11 is 0. The molecule has 0 aromatic rings. The van der Waals surface area contributed by atoms with Gasteiger partial charge in [0.15, 0.2) is 0 Å². The van der Waals surface area contributed by atoms with Gasteiger partial charge in [-0.25, -0.2) is 0 Å². The van der Waals surface area contributed by atoms with Gasteiger partial charge in [-0.05, 0) is 71.8 Å². The maximum Gasteiger partial charge on any atom is 0.0449 e. The summed E-state index contributed by atoms with van der Waals surface area (Å²) in [5, 5.41) is 0. The lowest BCUT2D eigenvalue weighted by Gasteiger charge is -2.51. The van der Waals surface area contributed by atoms with Crippen molar-refractivity contribution in [2.45, 2.75) is 135 Å². The number of hydrogen-bond donors (Lipinski definition) is 0. The zero-order valence-corrected chi connectivity index (χ0v) is 23.7. The summed E-state index contributed by atoms with van der Waals surface area (Å²) < 4.78 is 0. The summed E-state index contributed by atoms with van der Waals surface area (Å²) in [6.45, 7) is 19.3. The van der Waals surface area contributed by atoms with Crippen molar-refractivity contribution in [3.8, 4) is 0 Å². The van der Waals surface area contributed by atoms with Crippen LogP contribution in [0.25, 0.3) is 0 Å². The minimum Gasteiger partial charge on any atom is -0.0711 e. The highest BCUT2D eigenvalue weighted by molar-refractivity contribution is 7.41. The van der Waals surface area contributed by atoms with Crippen molar-refractivity contribution in [1.29, 1.82) is 0 Å². The molecule has 0 saturated heterocycles. The van der Waals surface area contributed by atoms with Gasteiger partial charge in [0.25, 0.3) is 0 Å². The van der Waals surface area contributed by atoms with E-state index in [0.29, 0.717) is 0 Å². The molecule has 0 radical (unpaired) electrons. The Bertz CT molecular complexity index is 579. The van der Waals surface area contributed by atoms with E-state index in [1.54, 1.807) is 64.2 Å². The van der Waals surface area contributed by atoms with Crippen LogP contribution in [0.4, 0.5) is 0 Å². The average Bonchev–Trinajstić information content (AvgIpc) is 3.30. The van der Waals surface area contributed by atoms with Crippen LogP contribution in [0.3, 0.4) is 0 Å². The summed E-state index contributed by atoms with van der Waals surface area (Å²) in [5.41, 5.74) is 2.34. The lowest BCUT2D eigenvalue weighted by Crippen LogP contribution is -2.62. The molecule has 4 saturated carbocycles. The van der Waals surface area contributed by atoms with Gasteiger partial charge in [-0.15, -0.1) is 0 Å². The van der Waals surface area contributed by atoms with Crippen LogP contribution in [0.1, 0.15) is 97.8 Å². The molecular formula is C28H54Si2. The van der Waals surface area contributed by atoms with Gasteiger partial charge in [0.05, 0.1) is 0 Å². The molecule has 8 unspecified atom stereocenters. The van der Waals surface area contributed by atoms with Crippen molar-refractivity contribution >= 4 is 15.2 Å². The van der Waals surface area contributed by atoms with Gasteiger partial charge in [0, 0.05) is 15.2 Å². The highest BCUT2D eigenvalue weighted by Gasteiger charge is 2.60. The van der Waals surface area contributed by atoms with Crippen molar-refractivity contribution in [2.75, 3.05) is 0 Å². The van der Waals surface area contributed by atoms with Crippen molar-refractivity contribution in [2.24, 2.45) is 41.4 Å². The monoisotopic (exact) mass is 446 g/mol. The molecule has 174 valence electrons. The van der Waals surface area contributed by atoms with Gasteiger partial charge < -0.3 is 0 Å². The van der Waals surface area contributed by atoms with Crippen LogP contribution in [0.5, 0.6) is 0 Å². The first-order valence-corrected chi connectivity index (χ1v) is 21.3. The van der Waals surface area contributed by atoms with Crippen molar-refractivity contribution in [1.82, 2.24) is 0 Å². The van der Waals surface area contributed by atoms with Crippen LogP contribution in [-0.4, -0.2) is 15.2 Å². The van der Waals surface area contributed by atoms with Gasteiger partial charge in [0.1, 0.15) is 0 Å². The molecule has 8 atom stereocenters. The third-order valence-corrected chi connectivity index (χ3v) is 32.5. The Morgan fingerprint density at radius 2 is 1.20 bits per heavy atom. The molecule has 0 N–H and O–H groups in total. The standard InChI is InChI=1S/C28H54Si2/c1-20(2)18-21(3)26-19-28(25-15-11-10-14-24(25)26)30(6,7)29(4,5)27-17-16-22-12-8-9-13-23(22)27/h20-28H,8-19H2,1-7H3. The molecule has 2 heteroatoms. The fourth-order valence-electron chi connectivity index (χ4n) is 9.85. The predicted molar refractivity (Wildman–Crippen MR) is 139 cm³/mol. The van der Waals surface area contributed by atoms with Crippen LogP contribution in [0.15, 0.2) is 0 Å². The molecule has 0 bridgehead atoms. The van der Waals surface area contributed by atoms with E-state index in [1.165, 1.54) is 18.4 Å². The molecule has 4 aliphatic carbocycles. The highest BCUT2D eigenvalue weighted by Crippen LogP contribution is 2.62. The Morgan fingerprint density at radius 3 is 1.87 bits per heavy atom. The van der Waals surface area contributed by atoms with E-state index < -0.39 is 15.2 Å². The molecule has 30 heavy (non-hydrogen) atoms. The van der Waals surface area contributed by atoms with E-state index in [9.17, 15) is 0 Å². The SMILES string of the molecule is CC(C)CC(C)C1CC([Si](C)(C)[Si](C)(C)C2CCC3CCCCC32)C2CCCCC12. The van der Waals surface area contributed by atoms with Crippen LogP contribution in [0, 0.1) is 41.4 Å². The lowest BCUT2D eigenvalue weighted by molar-refractivity contribution is 0.172. The molecule has 0 nitrogen and oxygen atoms in total. The Morgan fingerprint density at radius 1 is 0.633 bits per heavy atom. The highest BCUT2D eigenvalue weighted by atomic mass is 29.3. The zero-order chi connectivity index (χ0) is 21.7. The van der Waals surface area contributed by atoms with E-state index in [2.05, 4.69) is 47.0 Å². The number of fused-ring (bicyclic) bond motifs is 2. The molecular weight excluding hydrogens is 392 g/mol. The number of hydrogen-bond acceptors (Lipinski definition) is 0. The Balaban J connectivity index is 1.57. The van der Waals surface area contributed by atoms with Gasteiger partial charge in [-0.3, -0.25) is 0 Å². The van der Waals surface area contributed by atoms with E-state index in [-0.39, 0.29) is 0 Å². The summed E-state index contributed by atoms with van der Waals surface area (Å²) in [6, 6.07) is 0. The normalized spacial score (nSPS) is 41.0. The summed E-state index contributed by atoms with van der Waals surface area (Å²) in [5.74, 6) is 7.39. The quantitative estimate of drug-likeness (QED) is 0.356. The lowest BCUT2D eigenvalue weighted by atomic mass is 9.73. The van der Waals surface area contributed by atoms with Gasteiger partial charge in [-0.1, -0.05) is 105 Å². The van der Waals surface area contributed by atoms with E-state index in [4.69, 9.17) is 0 Å². The van der Waals surface area contributed by atoms with Crippen LogP contribution in [0.2, 0.25) is 37.3 Å². The van der Waals surface area contributed by atoms with Gasteiger partial charge in [-0.2, -0.15) is 0 Å². The van der Waals surface area contributed by atoms with E-state index in [1.807, 2.05) is 0 Å². The third kappa shape index (κ3) is 4.08. The fourth-order valence-corrected chi connectivity index (χ4v) is 24.3. The second-order valence-corrected chi connectivity index (χ2v) is 30.2. The molecule has 4 fully saturated rings. The smallest absolute Gasteiger partial charge is 0.0449 e. The maximum absolute atomic E-state index is 2.93. The Kier molecular flexibility index (Phi) is 7.07. The summed E-state index contributed by atoms with van der Waals surface area (Å²) in [6.07, 6.45) is 18.9. The second-order valence-electron chi connectivity index (χ2n) is 14.1. The third-order valence-electron chi connectivity index (χ3n) is 11.9. The Labute approximate surface area is 191 Å². The number of rotatable bonds is 6. The summed E-state index contributed by atoms with van der Waals surface area (Å²) in [4.78, 5) is 0. The molecule has 0 aliphatic heterocycles. The molecule has 4 aliphatic rings. The molecule has 0 heterocycles. The fraction of sp³-hybridized carbons (Fsp3) is 1.00. The first-order valence-electron chi connectivity index (χ1n) is 14.1. The molecule has 0 amide bonds. The zero-order valence-electron chi connectivity index (χ0n) is 21.7. The molecule has 0 spiro atoms. The van der Waals surface area contributed by atoms with Gasteiger partial charge in [0.2, 0.25) is 0 Å². The van der Waals surface area contributed by atoms with E-state index >= 15 is 0 Å². The first-order chi connectivity index (χ1) is 14.1. The van der Waals surface area contributed by atoms with Gasteiger partial charge >= 0.3 is 0 Å². The van der Waals surface area contributed by atoms with Crippen LogP contribution >= 0.6 is 0 Å². The largest absolute Gasteiger partial charge is 0.0711 e. The average molecular weight is 447 g/mol. The maximum atomic E-state index is 2.93. The van der Waals surface area contributed by atoms with Crippen LogP contribution < -0.4 is 0 Å². The molecule has 0 aromatic carbocycles. The topological polar surface area (TPSA) is 0 Å². The van der Waals surface area contributed by atoms with Crippen molar-refractivity contribution in [3.63, 3.8) is 0 Å². The Hall–Kier alpha value is 0.434. The first kappa shape index (κ1) is 23.6. The second kappa shape index (κ2) is 9.00. The van der Waals surface area contributed by atoms with E-state index in [0.717, 1.165) is 47.0 Å². The summed E-state index contributed by atoms with van der Waals surface area (Å²) in [7, 11) is -2.44. The van der Waals surface area contributed by atoms with Crippen LogP contribution in [-0.2, 0) is 0 Å².